The highest BCUT2D eigenvalue weighted by Gasteiger charge is 2.36. The van der Waals surface area contributed by atoms with E-state index in [-0.39, 0.29) is 5.78 Å². The van der Waals surface area contributed by atoms with Crippen LogP contribution in [0.3, 0.4) is 0 Å². The molecule has 2 heterocycles. The Morgan fingerprint density at radius 1 is 0.893 bits per heavy atom. The smallest absolute Gasteiger partial charge is 0.131 e. The molecule has 0 bridgehead atoms. The Bertz CT molecular complexity index is 1150. The van der Waals surface area contributed by atoms with Crippen molar-refractivity contribution >= 4 is 59.4 Å². The third-order valence-electron chi connectivity index (χ3n) is 5.69. The van der Waals surface area contributed by atoms with E-state index in [1.54, 1.807) is 6.92 Å². The number of hydrogen-bond acceptors (Lipinski definition) is 1. The lowest BCUT2D eigenvalue weighted by molar-refractivity contribution is -0.117. The zero-order valence-corrected chi connectivity index (χ0v) is 19.6. The van der Waals surface area contributed by atoms with Crippen LogP contribution in [0.2, 0.25) is 0 Å². The number of nitrogens with zero attached hydrogens (tertiary/aromatic N) is 2. The summed E-state index contributed by atoms with van der Waals surface area (Å²) in [6.07, 6.45) is 4.80. The Hall–Kier alpha value is -1.85. The van der Waals surface area contributed by atoms with Crippen LogP contribution in [0.4, 0.5) is 0 Å². The molecular formula is C23H22Br2N2O. The summed E-state index contributed by atoms with van der Waals surface area (Å²) < 4.78 is 6.38. The Labute approximate surface area is 181 Å². The van der Waals surface area contributed by atoms with Gasteiger partial charge in [-0.15, -0.1) is 0 Å². The lowest BCUT2D eigenvalue weighted by atomic mass is 9.72. The molecule has 0 radical (unpaired) electrons. The Morgan fingerprint density at radius 2 is 1.32 bits per heavy atom. The Kier molecular flexibility index (Phi) is 4.79. The van der Waals surface area contributed by atoms with Gasteiger partial charge in [-0.25, -0.2) is 0 Å². The highest BCUT2D eigenvalue weighted by atomic mass is 79.9. The molecule has 0 saturated carbocycles. The van der Waals surface area contributed by atoms with Crippen LogP contribution in [-0.4, -0.2) is 14.9 Å². The fraction of sp³-hybridized carbons (Fsp3) is 0.261. The lowest BCUT2D eigenvalue weighted by Crippen LogP contribution is -2.26. The minimum atomic E-state index is -0.438. The van der Waals surface area contributed by atoms with E-state index in [9.17, 15) is 4.79 Å². The summed E-state index contributed by atoms with van der Waals surface area (Å²) in [6, 6.07) is 12.7. The molecule has 0 saturated heterocycles. The zero-order chi connectivity index (χ0) is 20.2. The molecule has 0 amide bonds. The number of Topliss-reactive ketones (excluding diaryl/α,β-unsaturated/α-hetero) is 1. The number of fused-ring (bicyclic) bond motifs is 2. The average Bonchev–Trinajstić information content (AvgIpc) is 3.12. The molecule has 4 aromatic rings. The fourth-order valence-electron chi connectivity index (χ4n) is 4.44. The average molecular weight is 502 g/mol. The van der Waals surface area contributed by atoms with Gasteiger partial charge in [0, 0.05) is 69.1 Å². The topological polar surface area (TPSA) is 26.9 Å². The molecule has 0 spiro atoms. The molecule has 2 aromatic heterocycles. The van der Waals surface area contributed by atoms with E-state index in [4.69, 9.17) is 0 Å². The van der Waals surface area contributed by atoms with Crippen molar-refractivity contribution in [3.63, 3.8) is 0 Å². The fourth-order valence-corrected chi connectivity index (χ4v) is 5.16. The van der Waals surface area contributed by atoms with Crippen molar-refractivity contribution < 1.29 is 4.79 Å². The monoisotopic (exact) mass is 500 g/mol. The van der Waals surface area contributed by atoms with Gasteiger partial charge in [0.05, 0.1) is 0 Å². The molecule has 28 heavy (non-hydrogen) atoms. The summed E-state index contributed by atoms with van der Waals surface area (Å²) >= 11 is 7.23. The molecule has 0 unspecified atom stereocenters. The van der Waals surface area contributed by atoms with E-state index >= 15 is 0 Å². The van der Waals surface area contributed by atoms with Crippen molar-refractivity contribution in [3.8, 4) is 0 Å². The third-order valence-corrected chi connectivity index (χ3v) is 6.68. The van der Waals surface area contributed by atoms with E-state index < -0.39 is 5.41 Å². The summed E-state index contributed by atoms with van der Waals surface area (Å²) in [7, 11) is 4.13. The largest absolute Gasteiger partial charge is 0.350 e. The molecule has 0 aliphatic rings. The maximum absolute atomic E-state index is 12.4. The van der Waals surface area contributed by atoms with E-state index in [0.29, 0.717) is 6.42 Å². The predicted octanol–water partition coefficient (Wildman–Crippen LogP) is 6.48. The highest BCUT2D eigenvalue weighted by molar-refractivity contribution is 9.10. The second-order valence-corrected chi connectivity index (χ2v) is 9.67. The van der Waals surface area contributed by atoms with Crippen LogP contribution in [0.1, 0.15) is 31.4 Å². The van der Waals surface area contributed by atoms with Gasteiger partial charge in [0.15, 0.2) is 0 Å². The first kappa shape index (κ1) is 19.5. The summed E-state index contributed by atoms with van der Waals surface area (Å²) in [6.45, 7) is 3.88. The van der Waals surface area contributed by atoms with Crippen LogP contribution in [0.25, 0.3) is 21.8 Å². The van der Waals surface area contributed by atoms with E-state index in [1.807, 2.05) is 0 Å². The van der Waals surface area contributed by atoms with Crippen molar-refractivity contribution in [3.05, 3.63) is 68.9 Å². The van der Waals surface area contributed by atoms with Crippen molar-refractivity contribution in [2.45, 2.75) is 25.7 Å². The number of benzene rings is 2. The summed E-state index contributed by atoms with van der Waals surface area (Å²) in [5.41, 5.74) is 4.23. The summed E-state index contributed by atoms with van der Waals surface area (Å²) in [5.74, 6) is 0.182. The number of carbonyl (C=O) groups is 1. The molecule has 0 N–H and O–H groups in total. The zero-order valence-electron chi connectivity index (χ0n) is 16.4. The predicted molar refractivity (Wildman–Crippen MR) is 123 cm³/mol. The second kappa shape index (κ2) is 6.89. The number of aromatic nitrogens is 2. The standard InChI is InChI=1S/C23H22Br2N2O/c1-14(28)11-23(2,19-12-26(3)21-7-5-15(24)9-17(19)21)20-13-27(4)22-8-6-16(25)10-18(20)22/h5-10,12-13H,11H2,1-4H3. The van der Waals surface area contributed by atoms with Crippen LogP contribution >= 0.6 is 31.9 Å². The minimum Gasteiger partial charge on any atom is -0.350 e. The van der Waals surface area contributed by atoms with Gasteiger partial charge in [-0.2, -0.15) is 0 Å². The molecule has 5 heteroatoms. The molecule has 144 valence electrons. The summed E-state index contributed by atoms with van der Waals surface area (Å²) in [4.78, 5) is 12.4. The van der Waals surface area contributed by atoms with Crippen LogP contribution in [-0.2, 0) is 24.3 Å². The molecule has 0 fully saturated rings. The van der Waals surface area contributed by atoms with Gasteiger partial charge in [-0.1, -0.05) is 38.8 Å². The first-order valence-electron chi connectivity index (χ1n) is 9.20. The van der Waals surface area contributed by atoms with E-state index in [0.717, 1.165) is 20.0 Å². The first-order valence-corrected chi connectivity index (χ1v) is 10.8. The SMILES string of the molecule is CC(=O)CC(C)(c1cn(C)c2ccc(Br)cc12)c1cn(C)c2ccc(Br)cc12. The quantitative estimate of drug-likeness (QED) is 0.314. The van der Waals surface area contributed by atoms with Crippen molar-refractivity contribution in [2.24, 2.45) is 14.1 Å². The number of ketones is 1. The number of aryl methyl sites for hydroxylation is 2. The van der Waals surface area contributed by atoms with Gasteiger partial charge in [-0.3, -0.25) is 4.79 Å². The lowest BCUT2D eigenvalue weighted by Gasteiger charge is -2.29. The van der Waals surface area contributed by atoms with Gasteiger partial charge in [0.1, 0.15) is 5.78 Å². The van der Waals surface area contributed by atoms with Gasteiger partial charge < -0.3 is 9.13 Å². The van der Waals surface area contributed by atoms with Crippen LogP contribution in [0.5, 0.6) is 0 Å². The summed E-state index contributed by atoms with van der Waals surface area (Å²) in [5, 5.41) is 2.35. The molecular weight excluding hydrogens is 480 g/mol. The van der Waals surface area contributed by atoms with Crippen molar-refractivity contribution in [2.75, 3.05) is 0 Å². The molecule has 2 aromatic carbocycles. The Morgan fingerprint density at radius 3 is 1.71 bits per heavy atom. The first-order chi connectivity index (χ1) is 13.2. The van der Waals surface area contributed by atoms with Gasteiger partial charge in [0.25, 0.3) is 0 Å². The van der Waals surface area contributed by atoms with Crippen molar-refractivity contribution in [1.82, 2.24) is 9.13 Å². The number of halogens is 2. The van der Waals surface area contributed by atoms with E-state index in [1.165, 1.54) is 21.9 Å². The normalized spacial score (nSPS) is 12.2. The molecule has 0 aliphatic heterocycles. The second-order valence-electron chi connectivity index (χ2n) is 7.84. The maximum Gasteiger partial charge on any atom is 0.131 e. The van der Waals surface area contributed by atoms with Gasteiger partial charge >= 0.3 is 0 Å². The number of rotatable bonds is 4. The minimum absolute atomic E-state index is 0.182. The molecule has 3 nitrogen and oxygen atoms in total. The number of carbonyl (C=O) groups excluding carboxylic acids is 1. The highest BCUT2D eigenvalue weighted by Crippen LogP contribution is 2.44. The van der Waals surface area contributed by atoms with Gasteiger partial charge in [0.2, 0.25) is 0 Å². The van der Waals surface area contributed by atoms with Crippen molar-refractivity contribution in [1.29, 1.82) is 0 Å². The molecule has 4 rings (SSSR count). The van der Waals surface area contributed by atoms with Crippen LogP contribution in [0, 0.1) is 0 Å². The van der Waals surface area contributed by atoms with Gasteiger partial charge in [-0.05, 0) is 54.4 Å². The van der Waals surface area contributed by atoms with Crippen LogP contribution in [0.15, 0.2) is 57.7 Å². The molecule has 0 aliphatic carbocycles. The van der Waals surface area contributed by atoms with E-state index in [2.05, 4.69) is 111 Å². The Balaban J connectivity index is 2.09. The maximum atomic E-state index is 12.4. The molecule has 0 atom stereocenters. The number of hydrogen-bond donors (Lipinski definition) is 0. The third kappa shape index (κ3) is 3.05. The van der Waals surface area contributed by atoms with Crippen LogP contribution < -0.4 is 0 Å².